The van der Waals surface area contributed by atoms with Gasteiger partial charge in [0.25, 0.3) is 0 Å². The van der Waals surface area contributed by atoms with E-state index in [1.165, 1.54) is 42.0 Å². The summed E-state index contributed by atoms with van der Waals surface area (Å²) < 4.78 is 4.88. The smallest absolute Gasteiger partial charge is 0.164 e. The highest BCUT2D eigenvalue weighted by Gasteiger charge is 2.21. The molecule has 3 aromatic heterocycles. The molecule has 0 atom stereocenters. The Morgan fingerprint density at radius 3 is 1.64 bits per heavy atom. The van der Waals surface area contributed by atoms with E-state index < -0.39 is 0 Å². The summed E-state index contributed by atoms with van der Waals surface area (Å²) in [5, 5.41) is 4.96. The molecule has 0 aliphatic carbocycles. The summed E-state index contributed by atoms with van der Waals surface area (Å²) in [6.45, 7) is 0. The third-order valence-electron chi connectivity index (χ3n) is 10.7. The zero-order chi connectivity index (χ0) is 37.0. The van der Waals surface area contributed by atoms with Crippen LogP contribution >= 0.6 is 11.3 Å². The van der Waals surface area contributed by atoms with Crippen molar-refractivity contribution in [2.75, 3.05) is 0 Å². The maximum Gasteiger partial charge on any atom is 0.164 e. The summed E-state index contributed by atoms with van der Waals surface area (Å²) in [4.78, 5) is 15.5. The lowest BCUT2D eigenvalue weighted by atomic mass is 9.91. The zero-order valence-corrected chi connectivity index (χ0v) is 31.0. The van der Waals surface area contributed by atoms with Crippen molar-refractivity contribution in [2.45, 2.75) is 0 Å². The monoisotopic (exact) mass is 732 g/mol. The number of hydrogen-bond donors (Lipinski definition) is 0. The largest absolute Gasteiger partial charge is 0.309 e. The Morgan fingerprint density at radius 2 is 0.946 bits per heavy atom. The molecule has 0 aliphatic rings. The molecular formula is C51H32N4S. The van der Waals surface area contributed by atoms with Gasteiger partial charge in [0, 0.05) is 53.3 Å². The van der Waals surface area contributed by atoms with Crippen LogP contribution in [0, 0.1) is 0 Å². The van der Waals surface area contributed by atoms with E-state index >= 15 is 0 Å². The van der Waals surface area contributed by atoms with Crippen molar-refractivity contribution in [1.82, 2.24) is 19.5 Å². The highest BCUT2D eigenvalue weighted by molar-refractivity contribution is 7.26. The number of nitrogens with zero attached hydrogens (tertiary/aromatic N) is 4. The van der Waals surface area contributed by atoms with Gasteiger partial charge in [0.05, 0.1) is 11.0 Å². The van der Waals surface area contributed by atoms with Gasteiger partial charge in [-0.1, -0.05) is 152 Å². The van der Waals surface area contributed by atoms with Gasteiger partial charge in [-0.05, 0) is 64.7 Å². The van der Waals surface area contributed by atoms with Crippen molar-refractivity contribution in [1.29, 1.82) is 0 Å². The summed E-state index contributed by atoms with van der Waals surface area (Å²) in [7, 11) is 0. The first-order chi connectivity index (χ1) is 27.8. The number of rotatable bonds is 6. The van der Waals surface area contributed by atoms with Crippen molar-refractivity contribution in [2.24, 2.45) is 0 Å². The highest BCUT2D eigenvalue weighted by Crippen LogP contribution is 2.46. The van der Waals surface area contributed by atoms with Crippen LogP contribution in [0.2, 0.25) is 0 Å². The molecule has 11 rings (SSSR count). The molecule has 0 saturated carbocycles. The third-order valence-corrected chi connectivity index (χ3v) is 11.8. The molecule has 262 valence electrons. The van der Waals surface area contributed by atoms with E-state index in [9.17, 15) is 0 Å². The van der Waals surface area contributed by atoms with E-state index in [1.54, 1.807) is 0 Å². The van der Waals surface area contributed by atoms with Gasteiger partial charge >= 0.3 is 0 Å². The second-order valence-electron chi connectivity index (χ2n) is 14.0. The molecule has 5 heteroatoms. The molecule has 0 amide bonds. The topological polar surface area (TPSA) is 43.6 Å². The normalized spacial score (nSPS) is 11.6. The number of fused-ring (bicyclic) bond motifs is 6. The van der Waals surface area contributed by atoms with Gasteiger partial charge in [0.2, 0.25) is 0 Å². The summed E-state index contributed by atoms with van der Waals surface area (Å²) in [6.07, 6.45) is 0. The quantitative estimate of drug-likeness (QED) is 0.171. The first kappa shape index (κ1) is 32.2. The SMILES string of the molecule is c1ccc(-c2ccc(-c3cccc4sc5cc6c(cc5c34)c3ccccc3n6-c3ccccc3)c(-c3nc(-c4ccccc4)nc(-c4ccccc4)n3)c2)cc1. The van der Waals surface area contributed by atoms with Crippen molar-refractivity contribution in [3.8, 4) is 62.1 Å². The predicted molar refractivity (Wildman–Crippen MR) is 234 cm³/mol. The second kappa shape index (κ2) is 13.3. The number of benzene rings is 8. The summed E-state index contributed by atoms with van der Waals surface area (Å²) in [5.41, 5.74) is 10.9. The van der Waals surface area contributed by atoms with Crippen LogP contribution < -0.4 is 0 Å². The Hall–Kier alpha value is -7.21. The molecule has 8 aromatic carbocycles. The van der Waals surface area contributed by atoms with Crippen LogP contribution in [0.15, 0.2) is 194 Å². The van der Waals surface area contributed by atoms with Crippen molar-refractivity contribution >= 4 is 53.3 Å². The van der Waals surface area contributed by atoms with E-state index in [1.807, 2.05) is 47.7 Å². The van der Waals surface area contributed by atoms with Crippen LogP contribution in [0.5, 0.6) is 0 Å². The molecule has 11 aromatic rings. The minimum absolute atomic E-state index is 0.635. The molecule has 0 spiro atoms. The third kappa shape index (κ3) is 5.40. The second-order valence-corrected chi connectivity index (χ2v) is 15.1. The Balaban J connectivity index is 1.19. The Labute approximate surface area is 327 Å². The van der Waals surface area contributed by atoms with Crippen LogP contribution in [0.25, 0.3) is 104 Å². The lowest BCUT2D eigenvalue weighted by molar-refractivity contribution is 1.07. The van der Waals surface area contributed by atoms with Gasteiger partial charge in [-0.25, -0.2) is 15.0 Å². The van der Waals surface area contributed by atoms with Crippen molar-refractivity contribution in [3.05, 3.63) is 194 Å². The van der Waals surface area contributed by atoms with Crippen molar-refractivity contribution in [3.63, 3.8) is 0 Å². The molecular weight excluding hydrogens is 701 g/mol. The van der Waals surface area contributed by atoms with Gasteiger partial charge < -0.3 is 4.57 Å². The molecule has 0 aliphatic heterocycles. The summed E-state index contributed by atoms with van der Waals surface area (Å²) in [5.74, 6) is 1.92. The number of hydrogen-bond acceptors (Lipinski definition) is 4. The predicted octanol–water partition coefficient (Wildman–Crippen LogP) is 13.7. The van der Waals surface area contributed by atoms with Gasteiger partial charge in [-0.3, -0.25) is 0 Å². The molecule has 4 nitrogen and oxygen atoms in total. The van der Waals surface area contributed by atoms with E-state index in [0.717, 1.165) is 44.6 Å². The van der Waals surface area contributed by atoms with E-state index in [4.69, 9.17) is 15.0 Å². The molecule has 3 heterocycles. The summed E-state index contributed by atoms with van der Waals surface area (Å²) >= 11 is 1.85. The highest BCUT2D eigenvalue weighted by atomic mass is 32.1. The first-order valence-corrected chi connectivity index (χ1v) is 19.6. The van der Waals surface area contributed by atoms with E-state index in [0.29, 0.717) is 17.5 Å². The lowest BCUT2D eigenvalue weighted by Crippen LogP contribution is -2.01. The molecule has 0 saturated heterocycles. The molecule has 0 fully saturated rings. The number of aromatic nitrogens is 4. The molecule has 56 heavy (non-hydrogen) atoms. The maximum atomic E-state index is 5.23. The fourth-order valence-electron chi connectivity index (χ4n) is 8.07. The standard InChI is InChI=1S/C51H32N4S/c1-5-16-33(17-6-1)36-28-29-38(42(30-36)51-53-49(34-18-7-2-8-19-34)52-50(54-51)35-20-9-3-10-21-35)40-25-15-27-46-48(40)43-31-41-39-24-13-14-26-44(39)55(37-22-11-4-12-23-37)45(41)32-47(43)56-46/h1-32H. The van der Waals surface area contributed by atoms with Gasteiger partial charge in [-0.15, -0.1) is 11.3 Å². The number of thiophene rings is 1. The van der Waals surface area contributed by atoms with Gasteiger partial charge in [-0.2, -0.15) is 0 Å². The Kier molecular flexibility index (Phi) is 7.64. The molecule has 0 bridgehead atoms. The van der Waals surface area contributed by atoms with Crippen LogP contribution in [0.3, 0.4) is 0 Å². The minimum Gasteiger partial charge on any atom is -0.309 e. The van der Waals surface area contributed by atoms with E-state index in [-0.39, 0.29) is 0 Å². The van der Waals surface area contributed by atoms with Gasteiger partial charge in [0.1, 0.15) is 0 Å². The fraction of sp³-hybridized carbons (Fsp3) is 0. The van der Waals surface area contributed by atoms with E-state index in [2.05, 4.69) is 162 Å². The molecule has 0 radical (unpaired) electrons. The van der Waals surface area contributed by atoms with Crippen LogP contribution in [-0.4, -0.2) is 19.5 Å². The van der Waals surface area contributed by atoms with Crippen LogP contribution in [0.1, 0.15) is 0 Å². The lowest BCUT2D eigenvalue weighted by Gasteiger charge is -2.15. The number of para-hydroxylation sites is 2. The maximum absolute atomic E-state index is 5.23. The minimum atomic E-state index is 0.635. The van der Waals surface area contributed by atoms with Gasteiger partial charge in [0.15, 0.2) is 17.5 Å². The summed E-state index contributed by atoms with van der Waals surface area (Å²) in [6, 6.07) is 68.5. The zero-order valence-electron chi connectivity index (χ0n) is 30.2. The fourth-order valence-corrected chi connectivity index (χ4v) is 9.22. The Morgan fingerprint density at radius 1 is 0.339 bits per heavy atom. The average Bonchev–Trinajstić information content (AvgIpc) is 3.81. The van der Waals surface area contributed by atoms with Crippen LogP contribution in [-0.2, 0) is 0 Å². The molecule has 0 N–H and O–H groups in total. The average molecular weight is 733 g/mol. The Bertz CT molecular complexity index is 3170. The van der Waals surface area contributed by atoms with Crippen LogP contribution in [0.4, 0.5) is 0 Å². The molecule has 0 unspecified atom stereocenters. The first-order valence-electron chi connectivity index (χ1n) is 18.8. The van der Waals surface area contributed by atoms with Crippen molar-refractivity contribution < 1.29 is 0 Å².